The van der Waals surface area contributed by atoms with Crippen LogP contribution in [0.25, 0.3) is 0 Å². The molecule has 0 amide bonds. The number of carbonyl (C=O) groups is 3. The van der Waals surface area contributed by atoms with Crippen LogP contribution in [0.1, 0.15) is 141 Å². The molecular weight excluding hydrogens is 459 g/mol. The van der Waals surface area contributed by atoms with Crippen LogP contribution in [0, 0.1) is 0 Å². The molecule has 0 bridgehead atoms. The molecule has 0 radical (unpaired) electrons. The second-order valence-corrected chi connectivity index (χ2v) is 9.43. The summed E-state index contributed by atoms with van der Waals surface area (Å²) < 4.78 is 5.27. The first-order chi connectivity index (χ1) is 16.0. The Labute approximate surface area is 209 Å². The van der Waals surface area contributed by atoms with Crippen LogP contribution in [0.2, 0.25) is 0 Å². The molecule has 1 rings (SSSR count). The highest BCUT2D eigenvalue weighted by molar-refractivity contribution is 6.69. The minimum absolute atomic E-state index is 0.0492. The standard InChI is InChI=1S/C27H40Cl2O4/c1-2-3-4-5-6-7-8-9-10-11-12-13-14-15-16-17-20-33-27(32)23-19-18-22(25(28)30)21-24(23)26(29)31/h18-19,21H,2-17,20H2,1H3. The summed E-state index contributed by atoms with van der Waals surface area (Å²) in [6.45, 7) is 2.56. The first kappa shape index (κ1) is 29.6. The maximum absolute atomic E-state index is 12.3. The molecule has 0 spiro atoms. The van der Waals surface area contributed by atoms with Gasteiger partial charge >= 0.3 is 5.97 Å². The van der Waals surface area contributed by atoms with E-state index in [1.54, 1.807) is 0 Å². The molecule has 0 atom stereocenters. The van der Waals surface area contributed by atoms with Gasteiger partial charge in [0, 0.05) is 11.1 Å². The average molecular weight is 500 g/mol. The van der Waals surface area contributed by atoms with Crippen molar-refractivity contribution >= 4 is 39.7 Å². The van der Waals surface area contributed by atoms with E-state index in [0.717, 1.165) is 19.3 Å². The molecule has 0 heterocycles. The largest absolute Gasteiger partial charge is 0.462 e. The fourth-order valence-electron chi connectivity index (χ4n) is 3.90. The van der Waals surface area contributed by atoms with E-state index in [2.05, 4.69) is 6.92 Å². The molecule has 0 N–H and O–H groups in total. The van der Waals surface area contributed by atoms with Gasteiger partial charge in [0.15, 0.2) is 0 Å². The molecule has 0 aliphatic heterocycles. The minimum atomic E-state index is -0.830. The molecule has 186 valence electrons. The van der Waals surface area contributed by atoms with Crippen molar-refractivity contribution in [1.29, 1.82) is 0 Å². The van der Waals surface area contributed by atoms with Gasteiger partial charge in [0.05, 0.1) is 12.2 Å². The van der Waals surface area contributed by atoms with Crippen molar-refractivity contribution in [2.24, 2.45) is 0 Å². The second kappa shape index (κ2) is 19.0. The summed E-state index contributed by atoms with van der Waals surface area (Å²) in [5.74, 6) is -0.617. The SMILES string of the molecule is CCCCCCCCCCCCCCCCCCOC(=O)c1ccc(C(=O)Cl)cc1C(=O)Cl. The predicted molar refractivity (Wildman–Crippen MR) is 137 cm³/mol. The van der Waals surface area contributed by atoms with Crippen LogP contribution in [0.4, 0.5) is 0 Å². The molecule has 1 aromatic rings. The zero-order valence-corrected chi connectivity index (χ0v) is 21.7. The Morgan fingerprint density at radius 3 is 1.52 bits per heavy atom. The van der Waals surface area contributed by atoms with Gasteiger partial charge in [0.25, 0.3) is 10.5 Å². The van der Waals surface area contributed by atoms with Gasteiger partial charge < -0.3 is 4.74 Å². The number of carbonyl (C=O) groups excluding carboxylic acids is 3. The fraction of sp³-hybridized carbons (Fsp3) is 0.667. The molecule has 0 saturated heterocycles. The van der Waals surface area contributed by atoms with Crippen LogP contribution < -0.4 is 0 Å². The van der Waals surface area contributed by atoms with Gasteiger partial charge in [-0.3, -0.25) is 9.59 Å². The third-order valence-electron chi connectivity index (χ3n) is 5.91. The molecule has 0 aromatic heterocycles. The number of unbranched alkanes of at least 4 members (excludes halogenated alkanes) is 15. The molecular formula is C27H40Cl2O4. The number of hydrogen-bond donors (Lipinski definition) is 0. The summed E-state index contributed by atoms with van der Waals surface area (Å²) in [6.07, 6.45) is 20.5. The monoisotopic (exact) mass is 498 g/mol. The molecule has 6 heteroatoms. The zero-order chi connectivity index (χ0) is 24.3. The summed E-state index contributed by atoms with van der Waals surface area (Å²) in [7, 11) is 0. The quantitative estimate of drug-likeness (QED) is 0.102. The molecule has 0 saturated carbocycles. The Balaban J connectivity index is 2.03. The maximum atomic E-state index is 12.3. The molecule has 33 heavy (non-hydrogen) atoms. The number of benzene rings is 1. The summed E-state index contributed by atoms with van der Waals surface area (Å²) in [4.78, 5) is 35.1. The van der Waals surface area contributed by atoms with Crippen molar-refractivity contribution in [3.63, 3.8) is 0 Å². The van der Waals surface area contributed by atoms with E-state index >= 15 is 0 Å². The van der Waals surface area contributed by atoms with Gasteiger partial charge in [-0.05, 0) is 47.8 Å². The Morgan fingerprint density at radius 1 is 0.636 bits per heavy atom. The number of hydrogen-bond acceptors (Lipinski definition) is 4. The van der Waals surface area contributed by atoms with Crippen LogP contribution in [-0.2, 0) is 4.74 Å². The van der Waals surface area contributed by atoms with Crippen LogP contribution in [0.3, 0.4) is 0 Å². The van der Waals surface area contributed by atoms with E-state index in [4.69, 9.17) is 27.9 Å². The van der Waals surface area contributed by atoms with Gasteiger partial charge in [-0.1, -0.05) is 103 Å². The Morgan fingerprint density at radius 2 is 1.09 bits per heavy atom. The van der Waals surface area contributed by atoms with E-state index in [-0.39, 0.29) is 16.7 Å². The Kier molecular flexibility index (Phi) is 17.0. The van der Waals surface area contributed by atoms with Gasteiger partial charge in [0.1, 0.15) is 0 Å². The van der Waals surface area contributed by atoms with Crippen LogP contribution in [-0.4, -0.2) is 23.1 Å². The summed E-state index contributed by atoms with van der Waals surface area (Å²) in [5.41, 5.74) is 0.0864. The van der Waals surface area contributed by atoms with Crippen molar-refractivity contribution in [1.82, 2.24) is 0 Å². The Bertz CT molecular complexity index is 718. The van der Waals surface area contributed by atoms with E-state index in [0.29, 0.717) is 6.61 Å². The van der Waals surface area contributed by atoms with E-state index in [9.17, 15) is 14.4 Å². The van der Waals surface area contributed by atoms with Gasteiger partial charge in [0.2, 0.25) is 0 Å². The molecule has 0 fully saturated rings. The van der Waals surface area contributed by atoms with Crippen molar-refractivity contribution < 1.29 is 19.1 Å². The summed E-state index contributed by atoms with van der Waals surface area (Å²) in [5, 5.41) is -1.55. The van der Waals surface area contributed by atoms with Crippen molar-refractivity contribution in [2.45, 2.75) is 110 Å². The fourth-order valence-corrected chi connectivity index (χ4v) is 4.17. The molecule has 0 unspecified atom stereocenters. The van der Waals surface area contributed by atoms with Crippen molar-refractivity contribution in [2.75, 3.05) is 6.61 Å². The molecule has 1 aromatic carbocycles. The van der Waals surface area contributed by atoms with Gasteiger partial charge in [-0.2, -0.15) is 0 Å². The lowest BCUT2D eigenvalue weighted by molar-refractivity contribution is 0.0495. The number of rotatable bonds is 20. The minimum Gasteiger partial charge on any atom is -0.462 e. The van der Waals surface area contributed by atoms with E-state index in [1.165, 1.54) is 102 Å². The van der Waals surface area contributed by atoms with Gasteiger partial charge in [-0.25, -0.2) is 4.79 Å². The maximum Gasteiger partial charge on any atom is 0.338 e. The van der Waals surface area contributed by atoms with E-state index in [1.807, 2.05) is 0 Å². The number of esters is 1. The number of halogens is 2. The molecule has 4 nitrogen and oxygen atoms in total. The topological polar surface area (TPSA) is 60.4 Å². The smallest absolute Gasteiger partial charge is 0.338 e. The highest BCUT2D eigenvalue weighted by Gasteiger charge is 2.19. The molecule has 0 aliphatic rings. The second-order valence-electron chi connectivity index (χ2n) is 8.75. The number of ether oxygens (including phenoxy) is 1. The predicted octanol–water partition coefficient (Wildman–Crippen LogP) is 8.86. The van der Waals surface area contributed by atoms with Crippen LogP contribution in [0.5, 0.6) is 0 Å². The highest BCUT2D eigenvalue weighted by atomic mass is 35.5. The summed E-state index contributed by atoms with van der Waals surface area (Å²) >= 11 is 11.0. The highest BCUT2D eigenvalue weighted by Crippen LogP contribution is 2.18. The van der Waals surface area contributed by atoms with Crippen molar-refractivity contribution in [3.05, 3.63) is 34.9 Å². The lowest BCUT2D eigenvalue weighted by Crippen LogP contribution is -2.11. The van der Waals surface area contributed by atoms with Crippen molar-refractivity contribution in [3.8, 4) is 0 Å². The zero-order valence-electron chi connectivity index (χ0n) is 20.1. The first-order valence-electron chi connectivity index (χ1n) is 12.7. The van der Waals surface area contributed by atoms with E-state index < -0.39 is 16.5 Å². The normalized spacial score (nSPS) is 10.9. The lowest BCUT2D eigenvalue weighted by Gasteiger charge is -2.08. The average Bonchev–Trinajstić information content (AvgIpc) is 2.80. The molecule has 0 aliphatic carbocycles. The van der Waals surface area contributed by atoms with Crippen LogP contribution >= 0.6 is 23.2 Å². The lowest BCUT2D eigenvalue weighted by atomic mass is 10.0. The summed E-state index contributed by atoms with van der Waals surface area (Å²) in [6, 6.07) is 3.95. The first-order valence-corrected chi connectivity index (χ1v) is 13.4. The Hall–Kier alpha value is -1.39. The van der Waals surface area contributed by atoms with Crippen LogP contribution in [0.15, 0.2) is 18.2 Å². The third kappa shape index (κ3) is 13.8. The van der Waals surface area contributed by atoms with Gasteiger partial charge in [-0.15, -0.1) is 0 Å². The third-order valence-corrected chi connectivity index (χ3v) is 6.33.